The Morgan fingerprint density at radius 3 is 1.09 bits per heavy atom. The molecule has 71 valence electrons. The first-order valence-electron chi connectivity index (χ1n) is 2.08. The predicted octanol–water partition coefficient (Wildman–Crippen LogP) is -1.93. The molecular formula is C2H4CuO6S2. The molecule has 0 bridgehead atoms. The first kappa shape index (κ1) is 13.9. The molecule has 0 spiro atoms. The van der Waals surface area contributed by atoms with Gasteiger partial charge in [-0.15, -0.1) is 0 Å². The summed E-state index contributed by atoms with van der Waals surface area (Å²) in [5, 5.41) is 0. The second-order valence-corrected chi connectivity index (χ2v) is 4.57. The van der Waals surface area contributed by atoms with Crippen LogP contribution < -0.4 is 0 Å². The molecule has 6 nitrogen and oxygen atoms in total. The van der Waals surface area contributed by atoms with Gasteiger partial charge in [0.05, 0.1) is 31.7 Å². The topological polar surface area (TPSA) is 114 Å². The van der Waals surface area contributed by atoms with Crippen molar-refractivity contribution in [3.63, 3.8) is 0 Å². The van der Waals surface area contributed by atoms with Crippen LogP contribution in [-0.4, -0.2) is 37.4 Å². The van der Waals surface area contributed by atoms with Gasteiger partial charge in [0.1, 0.15) is 0 Å². The summed E-state index contributed by atoms with van der Waals surface area (Å²) in [5.74, 6) is -2.31. The maximum atomic E-state index is 9.72. The van der Waals surface area contributed by atoms with Crippen molar-refractivity contribution in [2.75, 3.05) is 11.5 Å². The zero-order valence-electron chi connectivity index (χ0n) is 4.98. The molecule has 0 aliphatic carbocycles. The summed E-state index contributed by atoms with van der Waals surface area (Å²) in [4.78, 5) is 0. The molecule has 0 saturated carbocycles. The van der Waals surface area contributed by atoms with E-state index in [2.05, 4.69) is 0 Å². The second-order valence-electron chi connectivity index (χ2n) is 1.52. The van der Waals surface area contributed by atoms with Crippen molar-refractivity contribution in [1.82, 2.24) is 0 Å². The summed E-state index contributed by atoms with van der Waals surface area (Å²) in [7, 11) is -9.17. The van der Waals surface area contributed by atoms with Crippen molar-refractivity contribution in [2.45, 2.75) is 0 Å². The monoisotopic (exact) mass is 251 g/mol. The minimum atomic E-state index is -4.59. The van der Waals surface area contributed by atoms with Gasteiger partial charge in [0.2, 0.25) is 0 Å². The smallest absolute Gasteiger partial charge is 0.748 e. The van der Waals surface area contributed by atoms with E-state index in [9.17, 15) is 25.9 Å². The molecule has 0 heterocycles. The summed E-state index contributed by atoms with van der Waals surface area (Å²) in [5.41, 5.74) is 0. The summed E-state index contributed by atoms with van der Waals surface area (Å²) in [6.45, 7) is 0. The van der Waals surface area contributed by atoms with Crippen molar-refractivity contribution in [3.05, 3.63) is 0 Å². The molecule has 0 amide bonds. The van der Waals surface area contributed by atoms with Gasteiger partial charge in [-0.2, -0.15) is 0 Å². The fraction of sp³-hybridized carbons (Fsp3) is 1.00. The van der Waals surface area contributed by atoms with Crippen LogP contribution in [0.3, 0.4) is 0 Å². The molecule has 11 heavy (non-hydrogen) atoms. The average Bonchev–Trinajstić information content (AvgIpc) is 1.57. The van der Waals surface area contributed by atoms with Crippen LogP contribution in [0.5, 0.6) is 0 Å². The number of hydrogen-bond acceptors (Lipinski definition) is 6. The standard InChI is InChI=1S/C2H6O6S2.Cu/c3-9(4,5)1-2-10(6,7)8;/h1-2H2,(H,3,4,5)(H,6,7,8);/q;+2/p-2. The van der Waals surface area contributed by atoms with Gasteiger partial charge >= 0.3 is 17.1 Å². The van der Waals surface area contributed by atoms with Crippen molar-refractivity contribution in [1.29, 1.82) is 0 Å². The number of rotatable bonds is 3. The van der Waals surface area contributed by atoms with Gasteiger partial charge in [-0.05, 0) is 0 Å². The number of hydrogen-bond donors (Lipinski definition) is 0. The first-order valence-corrected chi connectivity index (χ1v) is 5.23. The van der Waals surface area contributed by atoms with Gasteiger partial charge in [0.15, 0.2) is 0 Å². The average molecular weight is 252 g/mol. The van der Waals surface area contributed by atoms with Gasteiger partial charge < -0.3 is 9.11 Å². The molecule has 0 aliphatic heterocycles. The molecule has 0 N–H and O–H groups in total. The van der Waals surface area contributed by atoms with E-state index in [-0.39, 0.29) is 17.1 Å². The minimum Gasteiger partial charge on any atom is -0.748 e. The van der Waals surface area contributed by atoms with E-state index in [1.807, 2.05) is 0 Å². The molecule has 0 unspecified atom stereocenters. The summed E-state index contributed by atoms with van der Waals surface area (Å²) in [6.07, 6.45) is 0. The van der Waals surface area contributed by atoms with E-state index in [1.54, 1.807) is 0 Å². The van der Waals surface area contributed by atoms with Crippen molar-refractivity contribution in [3.8, 4) is 0 Å². The summed E-state index contributed by atoms with van der Waals surface area (Å²) in [6, 6.07) is 0. The third-order valence-corrected chi connectivity index (χ3v) is 2.25. The molecule has 0 saturated heterocycles. The van der Waals surface area contributed by atoms with Crippen LogP contribution in [0.1, 0.15) is 0 Å². The van der Waals surface area contributed by atoms with Gasteiger partial charge in [-0.25, -0.2) is 16.8 Å². The zero-order chi connectivity index (χ0) is 8.41. The van der Waals surface area contributed by atoms with Crippen molar-refractivity contribution >= 4 is 20.2 Å². The van der Waals surface area contributed by atoms with Gasteiger partial charge in [0.25, 0.3) is 0 Å². The van der Waals surface area contributed by atoms with Crippen LogP contribution in [0.15, 0.2) is 0 Å². The zero-order valence-corrected chi connectivity index (χ0v) is 7.56. The Morgan fingerprint density at radius 1 is 0.818 bits per heavy atom. The van der Waals surface area contributed by atoms with Crippen molar-refractivity contribution < 1.29 is 43.0 Å². The Bertz CT molecular complexity index is 255. The maximum absolute atomic E-state index is 9.72. The molecule has 0 atom stereocenters. The van der Waals surface area contributed by atoms with Crippen LogP contribution in [0.4, 0.5) is 0 Å². The van der Waals surface area contributed by atoms with Gasteiger partial charge in [0, 0.05) is 0 Å². The third-order valence-electron chi connectivity index (χ3n) is 0.583. The van der Waals surface area contributed by atoms with Crippen LogP contribution in [-0.2, 0) is 37.3 Å². The Morgan fingerprint density at radius 2 is 1.00 bits per heavy atom. The molecule has 0 aromatic rings. The normalized spacial score (nSPS) is 12.2. The van der Waals surface area contributed by atoms with E-state index >= 15 is 0 Å². The van der Waals surface area contributed by atoms with E-state index < -0.39 is 31.7 Å². The molecule has 0 fully saturated rings. The van der Waals surface area contributed by atoms with Crippen LogP contribution in [0, 0.1) is 0 Å². The Hall–Kier alpha value is 0.339. The summed E-state index contributed by atoms with van der Waals surface area (Å²) >= 11 is 0. The molecule has 0 aliphatic rings. The third kappa shape index (κ3) is 13.3. The van der Waals surface area contributed by atoms with Crippen molar-refractivity contribution in [2.24, 2.45) is 0 Å². The molecule has 0 aromatic carbocycles. The molecule has 0 aromatic heterocycles. The fourth-order valence-electron chi connectivity index (χ4n) is 0.204. The molecule has 9 heteroatoms. The van der Waals surface area contributed by atoms with Gasteiger partial charge in [-0.1, -0.05) is 0 Å². The molecule has 0 rings (SSSR count). The van der Waals surface area contributed by atoms with E-state index in [1.165, 1.54) is 0 Å². The molecular weight excluding hydrogens is 248 g/mol. The quantitative estimate of drug-likeness (QED) is 0.426. The first-order chi connectivity index (χ1) is 4.21. The molecule has 1 radical (unpaired) electrons. The minimum absolute atomic E-state index is 0. The largest absolute Gasteiger partial charge is 2.00 e. The van der Waals surface area contributed by atoms with Crippen LogP contribution in [0.25, 0.3) is 0 Å². The van der Waals surface area contributed by atoms with E-state index in [4.69, 9.17) is 0 Å². The Kier molecular flexibility index (Phi) is 5.54. The Labute approximate surface area is 75.0 Å². The van der Waals surface area contributed by atoms with Crippen LogP contribution in [0.2, 0.25) is 0 Å². The van der Waals surface area contributed by atoms with Crippen LogP contribution >= 0.6 is 0 Å². The van der Waals surface area contributed by atoms with E-state index in [0.29, 0.717) is 0 Å². The van der Waals surface area contributed by atoms with Gasteiger partial charge in [-0.3, -0.25) is 0 Å². The SMILES string of the molecule is O=S(=O)([O-])CCS(=O)(=O)[O-].[Cu+2]. The fourth-order valence-corrected chi connectivity index (χ4v) is 1.84. The predicted molar refractivity (Wildman–Crippen MR) is 29.1 cm³/mol. The van der Waals surface area contributed by atoms with E-state index in [0.717, 1.165) is 0 Å². The maximum Gasteiger partial charge on any atom is 2.00 e. The summed E-state index contributed by atoms with van der Waals surface area (Å²) < 4.78 is 58.3. The Balaban J connectivity index is 0. The second kappa shape index (κ2) is 4.39.